The predicted octanol–water partition coefficient (Wildman–Crippen LogP) is 4.87. The number of unbranched alkanes of at least 4 members (excludes halogenated alkanes) is 1. The van der Waals surface area contributed by atoms with Crippen molar-refractivity contribution in [1.82, 2.24) is 5.32 Å². The molecule has 0 unspecified atom stereocenters. The lowest BCUT2D eigenvalue weighted by Crippen LogP contribution is -2.29. The molecule has 0 spiro atoms. The van der Waals surface area contributed by atoms with E-state index in [1.807, 2.05) is 6.92 Å². The number of esters is 1. The van der Waals surface area contributed by atoms with E-state index in [2.05, 4.69) is 26.6 Å². The zero-order valence-electron chi connectivity index (χ0n) is 14.4. The van der Waals surface area contributed by atoms with Crippen molar-refractivity contribution in [1.29, 1.82) is 0 Å². The summed E-state index contributed by atoms with van der Waals surface area (Å²) in [6.45, 7) is 2.57. The van der Waals surface area contributed by atoms with Gasteiger partial charge in [0.05, 0.1) is 22.3 Å². The Kier molecular flexibility index (Phi) is 7.59. The number of ether oxygens (including phenoxy) is 1. The first-order valence-corrected chi connectivity index (χ1v) is 9.05. The molecule has 26 heavy (non-hydrogen) atoms. The fraction of sp³-hybridized carbons (Fsp3) is 0.263. The lowest BCUT2D eigenvalue weighted by molar-refractivity contribution is 0.0501. The molecular weight excluding hydrogens is 403 g/mol. The molecule has 0 aliphatic carbocycles. The van der Waals surface area contributed by atoms with Gasteiger partial charge in [-0.1, -0.05) is 31.5 Å². The number of nitrogens with one attached hydrogen (secondary N) is 2. The predicted molar refractivity (Wildman–Crippen MR) is 102 cm³/mol. The number of urea groups is 1. The molecule has 0 radical (unpaired) electrons. The van der Waals surface area contributed by atoms with Crippen molar-refractivity contribution in [2.45, 2.75) is 26.3 Å². The van der Waals surface area contributed by atoms with Crippen molar-refractivity contribution in [3.05, 3.63) is 63.9 Å². The molecule has 0 bridgehead atoms. The van der Waals surface area contributed by atoms with Gasteiger partial charge >= 0.3 is 12.0 Å². The first kappa shape index (κ1) is 19.9. The van der Waals surface area contributed by atoms with E-state index in [0.29, 0.717) is 22.3 Å². The highest BCUT2D eigenvalue weighted by Crippen LogP contribution is 2.18. The Hall–Kier alpha value is -2.41. The van der Waals surface area contributed by atoms with Crippen LogP contribution in [0.25, 0.3) is 0 Å². The number of hydrogen-bond donors (Lipinski definition) is 2. The van der Waals surface area contributed by atoms with E-state index in [9.17, 15) is 14.0 Å². The maximum Gasteiger partial charge on any atom is 0.340 e. The molecule has 2 rings (SSSR count). The molecule has 0 atom stereocenters. The van der Waals surface area contributed by atoms with E-state index in [1.165, 1.54) is 6.07 Å². The van der Waals surface area contributed by atoms with Crippen LogP contribution >= 0.6 is 15.9 Å². The number of amides is 2. The highest BCUT2D eigenvalue weighted by molar-refractivity contribution is 9.10. The standard InChI is InChI=1S/C19H20BrFN2O3/c1-2-3-10-26-18(24)14-6-4-5-7-17(14)23-19(25)22-12-13-8-9-16(21)15(20)11-13/h4-9,11H,2-3,10,12H2,1H3,(H2,22,23,25). The van der Waals surface area contributed by atoms with Gasteiger partial charge in [0.25, 0.3) is 0 Å². The monoisotopic (exact) mass is 422 g/mol. The maximum atomic E-state index is 13.2. The smallest absolute Gasteiger partial charge is 0.340 e. The van der Waals surface area contributed by atoms with Crippen LogP contribution in [-0.2, 0) is 11.3 Å². The van der Waals surface area contributed by atoms with Crippen molar-refractivity contribution >= 4 is 33.6 Å². The number of rotatable bonds is 7. The molecule has 2 aromatic carbocycles. The number of hydrogen-bond acceptors (Lipinski definition) is 3. The van der Waals surface area contributed by atoms with Gasteiger partial charge in [-0.25, -0.2) is 14.0 Å². The van der Waals surface area contributed by atoms with Gasteiger partial charge in [0.2, 0.25) is 0 Å². The maximum absolute atomic E-state index is 13.2. The van der Waals surface area contributed by atoms with Gasteiger partial charge in [0.15, 0.2) is 0 Å². The van der Waals surface area contributed by atoms with Gasteiger partial charge in [-0.05, 0) is 52.2 Å². The minimum absolute atomic E-state index is 0.216. The van der Waals surface area contributed by atoms with Crippen LogP contribution in [0, 0.1) is 5.82 Å². The van der Waals surface area contributed by atoms with E-state index < -0.39 is 12.0 Å². The third kappa shape index (κ3) is 5.84. The first-order chi connectivity index (χ1) is 12.5. The molecule has 2 amide bonds. The van der Waals surface area contributed by atoms with E-state index >= 15 is 0 Å². The lowest BCUT2D eigenvalue weighted by atomic mass is 10.2. The third-order valence-electron chi connectivity index (χ3n) is 3.56. The summed E-state index contributed by atoms with van der Waals surface area (Å²) in [5.41, 5.74) is 1.40. The van der Waals surface area contributed by atoms with Crippen molar-refractivity contribution < 1.29 is 18.7 Å². The van der Waals surface area contributed by atoms with Crippen molar-refractivity contribution in [2.24, 2.45) is 0 Å². The average molecular weight is 423 g/mol. The summed E-state index contributed by atoms with van der Waals surface area (Å²) in [5.74, 6) is -0.842. The summed E-state index contributed by atoms with van der Waals surface area (Å²) >= 11 is 3.10. The third-order valence-corrected chi connectivity index (χ3v) is 4.17. The summed E-state index contributed by atoms with van der Waals surface area (Å²) in [6, 6.07) is 10.7. The molecule has 0 saturated heterocycles. The fourth-order valence-electron chi connectivity index (χ4n) is 2.16. The van der Waals surface area contributed by atoms with Gasteiger partial charge in [-0.2, -0.15) is 0 Å². The summed E-state index contributed by atoms with van der Waals surface area (Å²) in [4.78, 5) is 24.2. The van der Waals surface area contributed by atoms with Crippen LogP contribution in [0.2, 0.25) is 0 Å². The van der Waals surface area contributed by atoms with E-state index in [-0.39, 0.29) is 12.4 Å². The highest BCUT2D eigenvalue weighted by atomic mass is 79.9. The molecule has 138 valence electrons. The number of anilines is 1. The SMILES string of the molecule is CCCCOC(=O)c1ccccc1NC(=O)NCc1ccc(F)c(Br)c1. The Labute approximate surface area is 160 Å². The second kappa shape index (κ2) is 9.91. The Morgan fingerprint density at radius 1 is 1.19 bits per heavy atom. The lowest BCUT2D eigenvalue weighted by Gasteiger charge is -2.12. The Morgan fingerprint density at radius 2 is 1.96 bits per heavy atom. The molecule has 2 N–H and O–H groups in total. The minimum Gasteiger partial charge on any atom is -0.462 e. The molecule has 0 fully saturated rings. The second-order valence-electron chi connectivity index (χ2n) is 5.59. The number of benzene rings is 2. The van der Waals surface area contributed by atoms with Crippen molar-refractivity contribution in [3.63, 3.8) is 0 Å². The number of para-hydroxylation sites is 1. The van der Waals surface area contributed by atoms with Gasteiger partial charge in [-0.15, -0.1) is 0 Å². The van der Waals surface area contributed by atoms with Crippen molar-refractivity contribution in [2.75, 3.05) is 11.9 Å². The number of carbonyl (C=O) groups is 2. The minimum atomic E-state index is -0.475. The van der Waals surface area contributed by atoms with Crippen LogP contribution < -0.4 is 10.6 Å². The van der Waals surface area contributed by atoms with Crippen LogP contribution in [0.15, 0.2) is 46.9 Å². The molecular formula is C19H20BrFN2O3. The second-order valence-corrected chi connectivity index (χ2v) is 6.45. The average Bonchev–Trinajstić information content (AvgIpc) is 2.63. The molecule has 2 aromatic rings. The van der Waals surface area contributed by atoms with Crippen LogP contribution in [-0.4, -0.2) is 18.6 Å². The first-order valence-electron chi connectivity index (χ1n) is 8.26. The van der Waals surface area contributed by atoms with E-state index in [4.69, 9.17) is 4.74 Å². The van der Waals surface area contributed by atoms with Gasteiger partial charge in [0.1, 0.15) is 5.82 Å². The largest absolute Gasteiger partial charge is 0.462 e. The van der Waals surface area contributed by atoms with Crippen LogP contribution in [0.5, 0.6) is 0 Å². The fourth-order valence-corrected chi connectivity index (χ4v) is 2.58. The normalized spacial score (nSPS) is 10.3. The van der Waals surface area contributed by atoms with Gasteiger partial charge in [0, 0.05) is 6.54 Å². The number of carbonyl (C=O) groups excluding carboxylic acids is 2. The Morgan fingerprint density at radius 3 is 2.69 bits per heavy atom. The van der Waals surface area contributed by atoms with Gasteiger partial charge < -0.3 is 15.4 Å². The Balaban J connectivity index is 1.96. The molecule has 7 heteroatoms. The van der Waals surface area contributed by atoms with E-state index in [0.717, 1.165) is 18.4 Å². The summed E-state index contributed by atoms with van der Waals surface area (Å²) in [6.07, 6.45) is 1.71. The zero-order valence-corrected chi connectivity index (χ0v) is 15.9. The quantitative estimate of drug-likeness (QED) is 0.494. The highest BCUT2D eigenvalue weighted by Gasteiger charge is 2.14. The van der Waals surface area contributed by atoms with Crippen LogP contribution in [0.4, 0.5) is 14.9 Å². The Bertz CT molecular complexity index is 783. The van der Waals surface area contributed by atoms with Crippen LogP contribution in [0.1, 0.15) is 35.7 Å². The molecule has 0 aliphatic rings. The summed E-state index contributed by atoms with van der Waals surface area (Å²) < 4.78 is 18.7. The number of halogens is 2. The molecule has 0 aromatic heterocycles. The summed E-state index contributed by atoms with van der Waals surface area (Å²) in [7, 11) is 0. The zero-order chi connectivity index (χ0) is 18.9. The molecule has 0 saturated carbocycles. The molecule has 0 heterocycles. The van der Waals surface area contributed by atoms with E-state index in [1.54, 1.807) is 36.4 Å². The van der Waals surface area contributed by atoms with Crippen molar-refractivity contribution in [3.8, 4) is 0 Å². The van der Waals surface area contributed by atoms with Gasteiger partial charge in [-0.3, -0.25) is 0 Å². The molecule has 0 aliphatic heterocycles. The van der Waals surface area contributed by atoms with Crippen LogP contribution in [0.3, 0.4) is 0 Å². The topological polar surface area (TPSA) is 67.4 Å². The summed E-state index contributed by atoms with van der Waals surface area (Å²) in [5, 5.41) is 5.31. The molecule has 5 nitrogen and oxygen atoms in total.